The van der Waals surface area contributed by atoms with E-state index in [4.69, 9.17) is 0 Å². The largest absolute Gasteiger partial charge is 0.391 e. The number of hydrogen-bond acceptors (Lipinski definition) is 5. The van der Waals surface area contributed by atoms with Crippen molar-refractivity contribution >= 4 is 24.1 Å². The van der Waals surface area contributed by atoms with Gasteiger partial charge in [-0.3, -0.25) is 19.2 Å². The highest BCUT2D eigenvalue weighted by molar-refractivity contribution is 5.91. The summed E-state index contributed by atoms with van der Waals surface area (Å²) in [4.78, 5) is 44.3. The maximum Gasteiger partial charge on any atom is 0.245 e. The Morgan fingerprint density at radius 1 is 1.15 bits per heavy atom. The predicted molar refractivity (Wildman–Crippen MR) is 69.4 cm³/mol. The van der Waals surface area contributed by atoms with Crippen molar-refractivity contribution in [3.63, 3.8) is 0 Å². The zero-order chi connectivity index (χ0) is 15.5. The summed E-state index contributed by atoms with van der Waals surface area (Å²) in [7, 11) is 0. The van der Waals surface area contributed by atoms with E-state index >= 15 is 0 Å². The summed E-state index contributed by atoms with van der Waals surface area (Å²) < 4.78 is 0. The molecule has 2 unspecified atom stereocenters. The van der Waals surface area contributed by atoms with Crippen LogP contribution in [0, 0.1) is 0 Å². The van der Waals surface area contributed by atoms with E-state index in [-0.39, 0.29) is 19.0 Å². The second-order valence-electron chi connectivity index (χ2n) is 3.96. The van der Waals surface area contributed by atoms with Gasteiger partial charge in [0, 0.05) is 6.54 Å². The molecule has 0 aliphatic rings. The molecule has 20 heavy (non-hydrogen) atoms. The first-order chi connectivity index (χ1) is 9.42. The molecule has 0 aliphatic carbocycles. The lowest BCUT2D eigenvalue weighted by molar-refractivity contribution is -0.132. The van der Waals surface area contributed by atoms with Crippen molar-refractivity contribution in [2.24, 2.45) is 0 Å². The summed E-state index contributed by atoms with van der Waals surface area (Å²) in [5.74, 6) is -1.69. The highest BCUT2D eigenvalue weighted by atomic mass is 16.3. The van der Waals surface area contributed by atoms with Crippen molar-refractivity contribution in [3.05, 3.63) is 0 Å². The van der Waals surface area contributed by atoms with E-state index in [1.807, 2.05) is 0 Å². The minimum Gasteiger partial charge on any atom is -0.391 e. The normalized spacial score (nSPS) is 12.8. The van der Waals surface area contributed by atoms with Gasteiger partial charge in [-0.15, -0.1) is 0 Å². The fraction of sp³-hybridized carbons (Fsp3) is 0.636. The number of hydrogen-bond donors (Lipinski definition) is 5. The number of rotatable bonds is 9. The average molecular weight is 288 g/mol. The molecule has 0 fully saturated rings. The minimum atomic E-state index is -1.20. The molecule has 0 aliphatic heterocycles. The van der Waals surface area contributed by atoms with E-state index in [2.05, 4.69) is 21.3 Å². The molecule has 114 valence electrons. The first-order valence-electron chi connectivity index (χ1n) is 6.11. The van der Waals surface area contributed by atoms with Crippen molar-refractivity contribution in [1.29, 1.82) is 0 Å². The topological polar surface area (TPSA) is 137 Å². The Morgan fingerprint density at radius 2 is 1.80 bits per heavy atom. The Labute approximate surface area is 116 Å². The van der Waals surface area contributed by atoms with Gasteiger partial charge in [-0.05, 0) is 13.8 Å². The van der Waals surface area contributed by atoms with Crippen LogP contribution >= 0.6 is 0 Å². The lowest BCUT2D eigenvalue weighted by Crippen LogP contribution is -2.55. The van der Waals surface area contributed by atoms with Crippen LogP contribution in [0.4, 0.5) is 0 Å². The molecule has 0 aromatic carbocycles. The SMILES string of the molecule is CCNC(=O)CNC(=O)C(NC(=O)CNC=O)C(C)O. The van der Waals surface area contributed by atoms with E-state index in [9.17, 15) is 24.3 Å². The van der Waals surface area contributed by atoms with Crippen molar-refractivity contribution in [2.75, 3.05) is 19.6 Å². The van der Waals surface area contributed by atoms with E-state index in [1.165, 1.54) is 6.92 Å². The average Bonchev–Trinajstić information content (AvgIpc) is 2.39. The minimum absolute atomic E-state index is 0.252. The van der Waals surface area contributed by atoms with E-state index in [0.717, 1.165) is 0 Å². The molecule has 0 saturated heterocycles. The Morgan fingerprint density at radius 3 is 2.30 bits per heavy atom. The third kappa shape index (κ3) is 7.31. The molecule has 9 heteroatoms. The van der Waals surface area contributed by atoms with Gasteiger partial charge in [-0.2, -0.15) is 0 Å². The van der Waals surface area contributed by atoms with Gasteiger partial charge in [-0.25, -0.2) is 0 Å². The van der Waals surface area contributed by atoms with E-state index in [1.54, 1.807) is 6.92 Å². The fourth-order valence-corrected chi connectivity index (χ4v) is 1.30. The monoisotopic (exact) mass is 288 g/mol. The second kappa shape index (κ2) is 9.73. The maximum absolute atomic E-state index is 11.7. The molecule has 0 heterocycles. The van der Waals surface area contributed by atoms with Crippen LogP contribution in [0.1, 0.15) is 13.8 Å². The number of aliphatic hydroxyl groups is 1. The molecule has 0 aromatic heterocycles. The van der Waals surface area contributed by atoms with E-state index in [0.29, 0.717) is 13.0 Å². The van der Waals surface area contributed by atoms with Gasteiger partial charge < -0.3 is 26.4 Å². The Balaban J connectivity index is 4.36. The van der Waals surface area contributed by atoms with Crippen LogP contribution in [0.15, 0.2) is 0 Å². The molecular formula is C11H20N4O5. The molecule has 0 radical (unpaired) electrons. The van der Waals surface area contributed by atoms with Crippen molar-refractivity contribution < 1.29 is 24.3 Å². The molecule has 0 spiro atoms. The van der Waals surface area contributed by atoms with Crippen LogP contribution in [-0.4, -0.2) is 61.0 Å². The van der Waals surface area contributed by atoms with Crippen LogP contribution in [0.3, 0.4) is 0 Å². The Bertz CT molecular complexity index is 359. The third-order valence-corrected chi connectivity index (χ3v) is 2.22. The highest BCUT2D eigenvalue weighted by Crippen LogP contribution is 1.93. The molecule has 0 aromatic rings. The van der Waals surface area contributed by atoms with Gasteiger partial charge >= 0.3 is 0 Å². The number of nitrogens with one attached hydrogen (secondary N) is 4. The summed E-state index contributed by atoms with van der Waals surface area (Å²) in [5.41, 5.74) is 0. The van der Waals surface area contributed by atoms with Gasteiger partial charge in [0.25, 0.3) is 0 Å². The quantitative estimate of drug-likeness (QED) is 0.285. The van der Waals surface area contributed by atoms with Crippen LogP contribution in [0.2, 0.25) is 0 Å². The molecule has 5 N–H and O–H groups in total. The van der Waals surface area contributed by atoms with Crippen molar-refractivity contribution in [1.82, 2.24) is 21.3 Å². The van der Waals surface area contributed by atoms with Gasteiger partial charge in [0.2, 0.25) is 24.1 Å². The molecule has 0 bridgehead atoms. The molecule has 2 atom stereocenters. The van der Waals surface area contributed by atoms with Gasteiger partial charge in [-0.1, -0.05) is 0 Å². The Kier molecular flexibility index (Phi) is 8.68. The zero-order valence-corrected chi connectivity index (χ0v) is 11.4. The number of aliphatic hydroxyl groups excluding tert-OH is 1. The van der Waals surface area contributed by atoms with Gasteiger partial charge in [0.15, 0.2) is 0 Å². The van der Waals surface area contributed by atoms with Crippen LogP contribution < -0.4 is 21.3 Å². The molecule has 9 nitrogen and oxygen atoms in total. The van der Waals surface area contributed by atoms with Crippen LogP contribution in [-0.2, 0) is 19.2 Å². The van der Waals surface area contributed by atoms with Crippen molar-refractivity contribution in [2.45, 2.75) is 26.0 Å². The first-order valence-corrected chi connectivity index (χ1v) is 6.11. The number of carbonyl (C=O) groups excluding carboxylic acids is 4. The maximum atomic E-state index is 11.7. The van der Waals surface area contributed by atoms with Gasteiger partial charge in [0.1, 0.15) is 6.04 Å². The number of amides is 4. The van der Waals surface area contributed by atoms with Crippen molar-refractivity contribution in [3.8, 4) is 0 Å². The second-order valence-corrected chi connectivity index (χ2v) is 3.96. The lowest BCUT2D eigenvalue weighted by Gasteiger charge is -2.20. The summed E-state index contributed by atoms with van der Waals surface area (Å²) in [5, 5.41) is 18.6. The summed E-state index contributed by atoms with van der Waals surface area (Å²) >= 11 is 0. The molecule has 0 saturated carbocycles. The number of carbonyl (C=O) groups is 4. The lowest BCUT2D eigenvalue weighted by atomic mass is 10.1. The summed E-state index contributed by atoms with van der Waals surface area (Å²) in [6.45, 7) is 2.93. The highest BCUT2D eigenvalue weighted by Gasteiger charge is 2.25. The zero-order valence-electron chi connectivity index (χ0n) is 11.4. The van der Waals surface area contributed by atoms with Crippen LogP contribution in [0.25, 0.3) is 0 Å². The van der Waals surface area contributed by atoms with Gasteiger partial charge in [0.05, 0.1) is 19.2 Å². The fourth-order valence-electron chi connectivity index (χ4n) is 1.30. The van der Waals surface area contributed by atoms with Crippen LogP contribution in [0.5, 0.6) is 0 Å². The summed E-state index contributed by atoms with van der Waals surface area (Å²) in [6.07, 6.45) is -0.809. The Hall–Kier alpha value is -2.16. The third-order valence-electron chi connectivity index (χ3n) is 2.22. The number of likely N-dealkylation sites (N-methyl/N-ethyl adjacent to an activating group) is 1. The predicted octanol–water partition coefficient (Wildman–Crippen LogP) is -3.15. The first kappa shape index (κ1) is 17.8. The summed E-state index contributed by atoms with van der Waals surface area (Å²) in [6, 6.07) is -1.20. The smallest absolute Gasteiger partial charge is 0.245 e. The van der Waals surface area contributed by atoms with E-state index < -0.39 is 24.0 Å². The standard InChI is InChI=1S/C11H20N4O5/c1-3-13-8(18)5-14-11(20)10(7(2)17)15-9(19)4-12-6-16/h6-7,10,17H,3-5H2,1-2H3,(H,12,16)(H,13,18)(H,14,20)(H,15,19). The molecular weight excluding hydrogens is 268 g/mol. The molecule has 0 rings (SSSR count). The molecule has 4 amide bonds.